The molecule has 0 radical (unpaired) electrons. The summed E-state index contributed by atoms with van der Waals surface area (Å²) >= 11 is 2.07. The van der Waals surface area contributed by atoms with Crippen molar-refractivity contribution in [1.29, 1.82) is 0 Å². The molecule has 4 fully saturated rings. The van der Waals surface area contributed by atoms with Gasteiger partial charge in [-0.2, -0.15) is 11.8 Å². The molecular weight excluding hydrogens is 268 g/mol. The van der Waals surface area contributed by atoms with Crippen LogP contribution in [-0.2, 0) is 4.74 Å². The Kier molecular flexibility index (Phi) is 3.78. The molecule has 0 aromatic heterocycles. The van der Waals surface area contributed by atoms with Crippen LogP contribution in [0.15, 0.2) is 0 Å². The minimum Gasteiger partial charge on any atom is -0.374 e. The molecule has 1 spiro atoms. The van der Waals surface area contributed by atoms with Gasteiger partial charge in [0.05, 0.1) is 5.60 Å². The number of hydrazine groups is 1. The van der Waals surface area contributed by atoms with Gasteiger partial charge in [-0.3, -0.25) is 11.3 Å². The molecule has 3 N–H and O–H groups in total. The zero-order valence-electron chi connectivity index (χ0n) is 12.4. The van der Waals surface area contributed by atoms with Crippen molar-refractivity contribution in [3.8, 4) is 0 Å². The van der Waals surface area contributed by atoms with Crippen LogP contribution >= 0.6 is 11.8 Å². The van der Waals surface area contributed by atoms with Gasteiger partial charge in [-0.15, -0.1) is 0 Å². The summed E-state index contributed by atoms with van der Waals surface area (Å²) in [6.45, 7) is 0.950. The summed E-state index contributed by atoms with van der Waals surface area (Å²) in [7, 11) is 0. The zero-order valence-corrected chi connectivity index (χ0v) is 13.2. The quantitative estimate of drug-likeness (QED) is 0.621. The van der Waals surface area contributed by atoms with Crippen LogP contribution in [0.1, 0.15) is 44.9 Å². The molecule has 114 valence electrons. The van der Waals surface area contributed by atoms with Crippen molar-refractivity contribution in [3.63, 3.8) is 0 Å². The lowest BCUT2D eigenvalue weighted by molar-refractivity contribution is -0.0868. The van der Waals surface area contributed by atoms with Crippen molar-refractivity contribution in [1.82, 2.24) is 5.43 Å². The third-order valence-corrected chi connectivity index (χ3v) is 7.66. The van der Waals surface area contributed by atoms with E-state index < -0.39 is 0 Å². The van der Waals surface area contributed by atoms with E-state index in [2.05, 4.69) is 17.2 Å². The van der Waals surface area contributed by atoms with Crippen LogP contribution in [0.4, 0.5) is 0 Å². The fourth-order valence-corrected chi connectivity index (χ4v) is 6.76. The third-order valence-electron chi connectivity index (χ3n) is 6.44. The van der Waals surface area contributed by atoms with Gasteiger partial charge in [0.25, 0.3) is 0 Å². The maximum atomic E-state index is 6.18. The molecule has 5 atom stereocenters. The summed E-state index contributed by atoms with van der Waals surface area (Å²) in [4.78, 5) is 0. The molecule has 0 amide bonds. The SMILES string of the molecule is NNC(C1CCOC2(CCSC2)C1)C1C2CCCCC21. The Morgan fingerprint density at radius 3 is 2.65 bits per heavy atom. The summed E-state index contributed by atoms with van der Waals surface area (Å²) < 4.78 is 6.18. The van der Waals surface area contributed by atoms with Crippen molar-refractivity contribution >= 4 is 11.8 Å². The van der Waals surface area contributed by atoms with E-state index in [1.54, 1.807) is 0 Å². The van der Waals surface area contributed by atoms with Gasteiger partial charge < -0.3 is 4.74 Å². The van der Waals surface area contributed by atoms with Gasteiger partial charge in [-0.05, 0) is 61.5 Å². The second-order valence-electron chi connectivity index (χ2n) is 7.47. The first-order valence-electron chi connectivity index (χ1n) is 8.51. The summed E-state index contributed by atoms with van der Waals surface area (Å²) in [6, 6.07) is 0.550. The molecule has 2 aliphatic heterocycles. The molecule has 2 heterocycles. The van der Waals surface area contributed by atoms with Crippen LogP contribution in [-0.4, -0.2) is 29.8 Å². The number of hydrogen-bond acceptors (Lipinski definition) is 4. The largest absolute Gasteiger partial charge is 0.374 e. The average molecular weight is 296 g/mol. The zero-order chi connectivity index (χ0) is 13.6. The third kappa shape index (κ3) is 2.33. The Morgan fingerprint density at radius 1 is 1.20 bits per heavy atom. The number of fused-ring (bicyclic) bond motifs is 1. The first-order valence-corrected chi connectivity index (χ1v) is 9.66. The van der Waals surface area contributed by atoms with E-state index >= 15 is 0 Å². The molecule has 2 saturated carbocycles. The molecule has 4 aliphatic rings. The predicted octanol–water partition coefficient (Wildman–Crippen LogP) is 2.56. The van der Waals surface area contributed by atoms with E-state index in [9.17, 15) is 0 Å². The lowest BCUT2D eigenvalue weighted by atomic mass is 9.79. The molecule has 0 aromatic rings. The molecule has 3 nitrogen and oxygen atoms in total. The molecular formula is C16H28N2OS. The van der Waals surface area contributed by atoms with Crippen molar-refractivity contribution < 1.29 is 4.74 Å². The van der Waals surface area contributed by atoms with Gasteiger partial charge in [0, 0.05) is 18.4 Å². The van der Waals surface area contributed by atoms with E-state index in [0.29, 0.717) is 6.04 Å². The second-order valence-corrected chi connectivity index (χ2v) is 8.57. The first-order chi connectivity index (χ1) is 9.83. The standard InChI is InChI=1S/C16H28N2OS/c17-18-15(14-12-3-1-2-4-13(12)14)11-5-7-19-16(9-11)6-8-20-10-16/h11-15,18H,1-10,17H2. The van der Waals surface area contributed by atoms with E-state index in [0.717, 1.165) is 30.3 Å². The Labute approximate surface area is 126 Å². The highest BCUT2D eigenvalue weighted by atomic mass is 32.2. The van der Waals surface area contributed by atoms with Crippen molar-refractivity contribution in [2.75, 3.05) is 18.1 Å². The molecule has 5 unspecified atom stereocenters. The summed E-state index contributed by atoms with van der Waals surface area (Å²) in [5, 5.41) is 0. The van der Waals surface area contributed by atoms with Gasteiger partial charge >= 0.3 is 0 Å². The minimum atomic E-state index is 0.197. The summed E-state index contributed by atoms with van der Waals surface area (Å²) in [6.07, 6.45) is 9.51. The van der Waals surface area contributed by atoms with Crippen molar-refractivity contribution in [2.45, 2.75) is 56.6 Å². The fraction of sp³-hybridized carbons (Fsp3) is 1.00. The molecule has 0 aromatic carbocycles. The van der Waals surface area contributed by atoms with E-state index in [-0.39, 0.29) is 5.60 Å². The monoisotopic (exact) mass is 296 g/mol. The van der Waals surface area contributed by atoms with Gasteiger partial charge in [0.2, 0.25) is 0 Å². The highest BCUT2D eigenvalue weighted by Gasteiger charge is 2.56. The normalized spacial score (nSPS) is 49.0. The molecule has 0 bridgehead atoms. The van der Waals surface area contributed by atoms with Crippen LogP contribution in [0.2, 0.25) is 0 Å². The maximum absolute atomic E-state index is 6.18. The predicted molar refractivity (Wildman–Crippen MR) is 83.4 cm³/mol. The van der Waals surface area contributed by atoms with Gasteiger partial charge in [-0.1, -0.05) is 12.8 Å². The lowest BCUT2D eigenvalue weighted by Crippen LogP contribution is -2.50. The van der Waals surface area contributed by atoms with Crippen molar-refractivity contribution in [3.05, 3.63) is 0 Å². The topological polar surface area (TPSA) is 47.3 Å². The van der Waals surface area contributed by atoms with Crippen LogP contribution < -0.4 is 11.3 Å². The van der Waals surface area contributed by atoms with Crippen LogP contribution in [0, 0.1) is 23.7 Å². The minimum absolute atomic E-state index is 0.197. The number of ether oxygens (including phenoxy) is 1. The molecule has 2 saturated heterocycles. The van der Waals surface area contributed by atoms with Crippen LogP contribution in [0.3, 0.4) is 0 Å². The molecule has 4 rings (SSSR count). The van der Waals surface area contributed by atoms with E-state index in [1.165, 1.54) is 56.5 Å². The number of nitrogens with two attached hydrogens (primary N) is 1. The van der Waals surface area contributed by atoms with Gasteiger partial charge in [0.1, 0.15) is 0 Å². The average Bonchev–Trinajstić information content (AvgIpc) is 3.03. The highest BCUT2D eigenvalue weighted by Crippen LogP contribution is 2.59. The molecule has 2 aliphatic carbocycles. The Bertz CT molecular complexity index is 346. The smallest absolute Gasteiger partial charge is 0.0783 e. The fourth-order valence-electron chi connectivity index (χ4n) is 5.38. The number of nitrogens with one attached hydrogen (secondary N) is 1. The van der Waals surface area contributed by atoms with Gasteiger partial charge in [-0.25, -0.2) is 0 Å². The molecule has 20 heavy (non-hydrogen) atoms. The number of hydrogen-bond donors (Lipinski definition) is 2. The van der Waals surface area contributed by atoms with E-state index in [4.69, 9.17) is 10.6 Å². The Balaban J connectivity index is 1.45. The Morgan fingerprint density at radius 2 is 2.00 bits per heavy atom. The summed E-state index contributed by atoms with van der Waals surface area (Å²) in [5.74, 6) is 12.1. The van der Waals surface area contributed by atoms with Gasteiger partial charge in [0.15, 0.2) is 0 Å². The molecule has 4 heteroatoms. The van der Waals surface area contributed by atoms with Crippen molar-refractivity contribution in [2.24, 2.45) is 29.5 Å². The lowest BCUT2D eigenvalue weighted by Gasteiger charge is -2.41. The maximum Gasteiger partial charge on any atom is 0.0783 e. The number of thioether (sulfide) groups is 1. The first kappa shape index (κ1) is 13.9. The number of rotatable bonds is 3. The van der Waals surface area contributed by atoms with E-state index in [1.807, 2.05) is 0 Å². The van der Waals surface area contributed by atoms with Crippen LogP contribution in [0.5, 0.6) is 0 Å². The Hall–Kier alpha value is 0.230. The summed E-state index contributed by atoms with van der Waals surface area (Å²) in [5.41, 5.74) is 3.43. The second kappa shape index (κ2) is 5.45. The van der Waals surface area contributed by atoms with Crippen LogP contribution in [0.25, 0.3) is 0 Å². The highest BCUT2D eigenvalue weighted by molar-refractivity contribution is 7.99.